The molecule has 0 radical (unpaired) electrons. The third-order valence-electron chi connectivity index (χ3n) is 12.1. The maximum atomic E-state index is 14.2. The van der Waals surface area contributed by atoms with Crippen LogP contribution in [-0.2, 0) is 28.2 Å². The van der Waals surface area contributed by atoms with Crippen molar-refractivity contribution in [3.8, 4) is 0 Å². The highest BCUT2D eigenvalue weighted by molar-refractivity contribution is 6.73. The maximum absolute atomic E-state index is 14.2. The molecule has 0 N–H and O–H groups in total. The molecule has 2 bridgehead atoms. The molecular weight excluding hydrogens is 544 g/mol. The zero-order valence-corrected chi connectivity index (χ0v) is 28.3. The zero-order chi connectivity index (χ0) is 30.3. The summed E-state index contributed by atoms with van der Waals surface area (Å²) in [6.45, 7) is 20.0. The maximum Gasteiger partial charge on any atom is 0.192 e. The van der Waals surface area contributed by atoms with Gasteiger partial charge in [-0.1, -0.05) is 71.9 Å². The second-order valence-electron chi connectivity index (χ2n) is 14.9. The molecule has 0 unspecified atom stereocenters. The largest absolute Gasteiger partial charge is 0.410 e. The molecular formula is C35H52O6Si. The number of ether oxygens (including phenoxy) is 4. The molecule has 2 heterocycles. The number of fused-ring (bicyclic) bond motifs is 6. The average molecular weight is 597 g/mol. The summed E-state index contributed by atoms with van der Waals surface area (Å²) in [6, 6.07) is 13.4. The van der Waals surface area contributed by atoms with Crippen LogP contribution >= 0.6 is 0 Å². The normalized spacial score (nSPS) is 40.6. The first kappa shape index (κ1) is 30.7. The molecule has 1 spiro atoms. The van der Waals surface area contributed by atoms with E-state index >= 15 is 0 Å². The molecule has 6 rings (SSSR count). The van der Waals surface area contributed by atoms with Gasteiger partial charge in [0.25, 0.3) is 0 Å². The minimum Gasteiger partial charge on any atom is -0.410 e. The number of hydrogen-bond acceptors (Lipinski definition) is 6. The minimum atomic E-state index is -1.99. The Balaban J connectivity index is 1.61. The van der Waals surface area contributed by atoms with Crippen LogP contribution in [0.15, 0.2) is 41.5 Å². The van der Waals surface area contributed by atoms with Gasteiger partial charge >= 0.3 is 0 Å². The minimum absolute atomic E-state index is 0.129. The summed E-state index contributed by atoms with van der Waals surface area (Å²) in [5.41, 5.74) is 1.74. The number of carbonyl (C=O) groups is 1. The number of carbonyl (C=O) groups excluding carboxylic acids is 1. The molecule has 0 aromatic heterocycles. The Morgan fingerprint density at radius 1 is 0.929 bits per heavy atom. The monoisotopic (exact) mass is 596 g/mol. The topological polar surface area (TPSA) is 63.2 Å². The van der Waals surface area contributed by atoms with Crippen LogP contribution in [-0.4, -0.2) is 49.9 Å². The summed E-state index contributed by atoms with van der Waals surface area (Å²) < 4.78 is 35.6. The highest BCUT2D eigenvalue weighted by atomic mass is 28.4. The Morgan fingerprint density at radius 2 is 1.60 bits per heavy atom. The molecule has 2 saturated heterocycles. The molecule has 5 aliphatic rings. The number of Topliss-reactive ketones (excluding diaryl/α,β-unsaturated/α-hetero) is 1. The van der Waals surface area contributed by atoms with Gasteiger partial charge in [0.15, 0.2) is 20.4 Å². The van der Waals surface area contributed by atoms with Gasteiger partial charge in [0.1, 0.15) is 23.6 Å². The molecule has 4 fully saturated rings. The van der Waals surface area contributed by atoms with Crippen LogP contribution in [0.5, 0.6) is 0 Å². The summed E-state index contributed by atoms with van der Waals surface area (Å²) in [6.07, 6.45) is 1.29. The Bertz CT molecular complexity index is 1230. The van der Waals surface area contributed by atoms with Gasteiger partial charge in [0, 0.05) is 29.2 Å². The average Bonchev–Trinajstić information content (AvgIpc) is 3.49. The lowest BCUT2D eigenvalue weighted by atomic mass is 9.48. The van der Waals surface area contributed by atoms with E-state index in [9.17, 15) is 4.79 Å². The summed E-state index contributed by atoms with van der Waals surface area (Å²) in [7, 11) is -1.99. The van der Waals surface area contributed by atoms with Gasteiger partial charge < -0.3 is 23.4 Å². The zero-order valence-electron chi connectivity index (χ0n) is 27.3. The Morgan fingerprint density at radius 3 is 2.24 bits per heavy atom. The van der Waals surface area contributed by atoms with Crippen LogP contribution in [0, 0.1) is 16.7 Å². The van der Waals surface area contributed by atoms with E-state index in [1.54, 1.807) is 0 Å². The van der Waals surface area contributed by atoms with Gasteiger partial charge in [-0.25, -0.2) is 0 Å². The summed E-state index contributed by atoms with van der Waals surface area (Å²) >= 11 is 0. The van der Waals surface area contributed by atoms with E-state index in [0.717, 1.165) is 36.5 Å². The Labute approximate surface area is 254 Å². The van der Waals surface area contributed by atoms with Crippen molar-refractivity contribution in [2.24, 2.45) is 16.7 Å². The van der Waals surface area contributed by atoms with Crippen molar-refractivity contribution < 1.29 is 28.2 Å². The van der Waals surface area contributed by atoms with Crippen molar-refractivity contribution in [1.29, 1.82) is 0 Å². The molecule has 1 aromatic rings. The molecule has 1 aromatic carbocycles. The van der Waals surface area contributed by atoms with Crippen molar-refractivity contribution in [3.05, 3.63) is 47.0 Å². The molecule has 2 saturated carbocycles. The number of hydrogen-bond donors (Lipinski definition) is 0. The van der Waals surface area contributed by atoms with E-state index in [4.69, 9.17) is 23.4 Å². The van der Waals surface area contributed by atoms with E-state index in [-0.39, 0.29) is 30.0 Å². The fraction of sp³-hybridized carbons (Fsp3) is 0.743. The number of benzene rings is 1. The van der Waals surface area contributed by atoms with Crippen LogP contribution < -0.4 is 0 Å². The van der Waals surface area contributed by atoms with Crippen LogP contribution in [0.4, 0.5) is 0 Å². The molecule has 0 amide bonds. The third kappa shape index (κ3) is 4.32. The van der Waals surface area contributed by atoms with Gasteiger partial charge in [0.05, 0.1) is 18.1 Å². The first-order valence-corrected chi connectivity index (χ1v) is 19.0. The Hall–Kier alpha value is -1.35. The van der Waals surface area contributed by atoms with E-state index in [1.807, 2.05) is 32.0 Å². The van der Waals surface area contributed by atoms with Gasteiger partial charge in [-0.2, -0.15) is 0 Å². The van der Waals surface area contributed by atoms with Crippen LogP contribution in [0.3, 0.4) is 0 Å². The number of ketones is 1. The van der Waals surface area contributed by atoms with Crippen molar-refractivity contribution >= 4 is 14.1 Å². The van der Waals surface area contributed by atoms with Crippen LogP contribution in [0.1, 0.15) is 99.9 Å². The van der Waals surface area contributed by atoms with Crippen molar-refractivity contribution in [3.63, 3.8) is 0 Å². The highest BCUT2D eigenvalue weighted by Gasteiger charge is 2.73. The van der Waals surface area contributed by atoms with Gasteiger partial charge in [-0.15, -0.1) is 0 Å². The standard InChI is InChI=1S/C35H52O6Si/c1-10-42(11-2,12-3)41-25-21-35-29(37-31(40-35)23-17-14-13-15-18-23)27-24(36)19-16-20-34(27,9)30-28(38-33(7,8)39-30)26(22(25)4)32(35,5)6/h13-15,17-18,25,27-31H,10-12,16,19-21H2,1-9H3/t25-,27-,28+,29-,30-,31-,34+,35+/m0/s1. The lowest BCUT2D eigenvalue weighted by Gasteiger charge is -2.61. The lowest BCUT2D eigenvalue weighted by Crippen LogP contribution is -2.69. The predicted octanol–water partition coefficient (Wildman–Crippen LogP) is 7.89. The molecule has 232 valence electrons. The summed E-state index contributed by atoms with van der Waals surface area (Å²) in [5.74, 6) is -0.869. The van der Waals surface area contributed by atoms with Crippen molar-refractivity contribution in [2.75, 3.05) is 0 Å². The van der Waals surface area contributed by atoms with Crippen molar-refractivity contribution in [2.45, 2.75) is 148 Å². The summed E-state index contributed by atoms with van der Waals surface area (Å²) in [5, 5.41) is 0. The van der Waals surface area contributed by atoms with Crippen molar-refractivity contribution in [1.82, 2.24) is 0 Å². The SMILES string of the molecule is CC[Si](CC)(CC)O[C@H]1C[C@@]23O[C@@H](c4ccccc4)O[C@H]2[C@@H]2C(=O)CCC[C@@]2(C)[C@H]2OC(C)(C)O[C@@H]2C(=C1C)C3(C)C. The fourth-order valence-electron chi connectivity index (χ4n) is 9.50. The Kier molecular flexibility index (Phi) is 7.55. The molecule has 3 aliphatic carbocycles. The molecule has 7 heteroatoms. The second kappa shape index (κ2) is 10.3. The van der Waals surface area contributed by atoms with E-state index in [1.165, 1.54) is 11.1 Å². The third-order valence-corrected chi connectivity index (χ3v) is 16.8. The molecule has 8 atom stereocenters. The fourth-order valence-corrected chi connectivity index (χ4v) is 12.4. The van der Waals surface area contributed by atoms with Gasteiger partial charge in [0.2, 0.25) is 0 Å². The lowest BCUT2D eigenvalue weighted by molar-refractivity contribution is -0.184. The molecule has 2 aliphatic heterocycles. The molecule has 42 heavy (non-hydrogen) atoms. The first-order valence-electron chi connectivity index (χ1n) is 16.4. The van der Waals surface area contributed by atoms with E-state index in [2.05, 4.69) is 60.6 Å². The van der Waals surface area contributed by atoms with Gasteiger partial charge in [-0.05, 0) is 62.9 Å². The number of rotatable bonds is 6. The smallest absolute Gasteiger partial charge is 0.192 e. The molecule has 6 nitrogen and oxygen atoms in total. The second-order valence-corrected chi connectivity index (χ2v) is 19.6. The quantitative estimate of drug-likeness (QED) is 0.246. The van der Waals surface area contributed by atoms with Crippen LogP contribution in [0.25, 0.3) is 0 Å². The highest BCUT2D eigenvalue weighted by Crippen LogP contribution is 2.67. The van der Waals surface area contributed by atoms with E-state index < -0.39 is 42.9 Å². The van der Waals surface area contributed by atoms with Crippen LogP contribution in [0.2, 0.25) is 18.1 Å². The first-order chi connectivity index (χ1) is 19.8. The van der Waals surface area contributed by atoms with E-state index in [0.29, 0.717) is 12.8 Å². The summed E-state index contributed by atoms with van der Waals surface area (Å²) in [4.78, 5) is 14.2. The predicted molar refractivity (Wildman–Crippen MR) is 165 cm³/mol. The van der Waals surface area contributed by atoms with Gasteiger partial charge in [-0.3, -0.25) is 4.79 Å².